The van der Waals surface area contributed by atoms with Gasteiger partial charge in [0, 0.05) is 46.6 Å². The molecule has 2 aromatic carbocycles. The molecule has 2 N–H and O–H groups in total. The number of aromatic nitrogens is 2. The number of benzene rings is 2. The standard InChI is InChI=1S/C35H45N5.ClH/c1-2-40(25-13-23-37-35-28-16-5-9-20-32(28)39-33-21-10-6-17-29(33)35)24-12-11-22-36-34-26-14-3-7-18-30(26)38-31-19-8-4-15-27(31)34;/h3,5,7,9,14,16,18,20H,2,4,6,8,10-13,15,17,19,21-25H2,1H3,(H,36,38)(H,37,39);1H. The minimum atomic E-state index is 0. The van der Waals surface area contributed by atoms with Crippen LogP contribution in [0.2, 0.25) is 0 Å². The Balaban J connectivity index is 0.00000337. The molecule has 2 aliphatic rings. The van der Waals surface area contributed by atoms with Crippen molar-refractivity contribution in [3.8, 4) is 0 Å². The summed E-state index contributed by atoms with van der Waals surface area (Å²) in [5.74, 6) is 0. The topological polar surface area (TPSA) is 53.1 Å². The Hall–Kier alpha value is -2.89. The van der Waals surface area contributed by atoms with E-state index in [2.05, 4.69) is 71.0 Å². The van der Waals surface area contributed by atoms with Crippen LogP contribution in [0.15, 0.2) is 48.5 Å². The molecule has 5 nitrogen and oxygen atoms in total. The molecule has 6 heteroatoms. The molecule has 0 fully saturated rings. The minimum absolute atomic E-state index is 0. The number of unbranched alkanes of at least 4 members (excludes halogenated alkanes) is 1. The number of pyridine rings is 2. The Morgan fingerprint density at radius 2 is 1.12 bits per heavy atom. The van der Waals surface area contributed by atoms with Crippen LogP contribution in [-0.4, -0.2) is 47.6 Å². The van der Waals surface area contributed by atoms with E-state index in [1.54, 1.807) is 0 Å². The molecule has 0 unspecified atom stereocenters. The molecule has 6 rings (SSSR count). The molecule has 4 aromatic rings. The third kappa shape index (κ3) is 6.79. The Labute approximate surface area is 251 Å². The fraction of sp³-hybridized carbons (Fsp3) is 0.486. The second kappa shape index (κ2) is 14.3. The first-order chi connectivity index (χ1) is 19.8. The Morgan fingerprint density at radius 1 is 0.634 bits per heavy atom. The zero-order valence-corrected chi connectivity index (χ0v) is 25.5. The maximum atomic E-state index is 4.99. The van der Waals surface area contributed by atoms with E-state index in [0.717, 1.165) is 69.3 Å². The highest BCUT2D eigenvalue weighted by Gasteiger charge is 2.19. The van der Waals surface area contributed by atoms with Crippen molar-refractivity contribution in [2.45, 2.75) is 77.6 Å². The SMILES string of the molecule is CCN(CCCCNc1c2c(nc3ccccc13)CCCC2)CCCNc1c2c(nc3ccccc13)CCCC2.Cl. The summed E-state index contributed by atoms with van der Waals surface area (Å²) >= 11 is 0. The van der Waals surface area contributed by atoms with Gasteiger partial charge in [-0.05, 0) is 114 Å². The third-order valence-corrected chi connectivity index (χ3v) is 8.94. The molecular weight excluding hydrogens is 526 g/mol. The Morgan fingerprint density at radius 3 is 1.68 bits per heavy atom. The van der Waals surface area contributed by atoms with Gasteiger partial charge in [0.2, 0.25) is 0 Å². The van der Waals surface area contributed by atoms with Crippen LogP contribution in [-0.2, 0) is 25.7 Å². The molecule has 2 aliphatic carbocycles. The van der Waals surface area contributed by atoms with Gasteiger partial charge in [-0.1, -0.05) is 43.3 Å². The first-order valence-electron chi connectivity index (χ1n) is 15.8. The number of nitrogens with zero attached hydrogens (tertiary/aromatic N) is 3. The fourth-order valence-corrected chi connectivity index (χ4v) is 6.77. The second-order valence-corrected chi connectivity index (χ2v) is 11.6. The molecule has 0 radical (unpaired) electrons. The molecule has 0 bridgehead atoms. The zero-order valence-electron chi connectivity index (χ0n) is 24.7. The van der Waals surface area contributed by atoms with Crippen LogP contribution < -0.4 is 10.6 Å². The highest BCUT2D eigenvalue weighted by molar-refractivity contribution is 5.94. The summed E-state index contributed by atoms with van der Waals surface area (Å²) in [6, 6.07) is 17.3. The van der Waals surface area contributed by atoms with Gasteiger partial charge in [0.15, 0.2) is 0 Å². The van der Waals surface area contributed by atoms with Crippen LogP contribution in [0.5, 0.6) is 0 Å². The average Bonchev–Trinajstić information content (AvgIpc) is 3.00. The van der Waals surface area contributed by atoms with Crippen molar-refractivity contribution >= 4 is 45.6 Å². The van der Waals surface area contributed by atoms with Crippen molar-refractivity contribution < 1.29 is 0 Å². The predicted molar refractivity (Wildman–Crippen MR) is 177 cm³/mol. The monoisotopic (exact) mass is 571 g/mol. The van der Waals surface area contributed by atoms with Gasteiger partial charge in [0.25, 0.3) is 0 Å². The van der Waals surface area contributed by atoms with E-state index in [-0.39, 0.29) is 12.4 Å². The lowest BCUT2D eigenvalue weighted by Gasteiger charge is -2.23. The first-order valence-corrected chi connectivity index (χ1v) is 15.8. The van der Waals surface area contributed by atoms with Gasteiger partial charge in [-0.15, -0.1) is 12.4 Å². The van der Waals surface area contributed by atoms with Gasteiger partial charge in [-0.3, -0.25) is 9.97 Å². The van der Waals surface area contributed by atoms with Crippen LogP contribution in [0, 0.1) is 0 Å². The lowest BCUT2D eigenvalue weighted by atomic mass is 9.92. The molecule has 0 spiro atoms. The van der Waals surface area contributed by atoms with Gasteiger partial charge in [0.05, 0.1) is 11.0 Å². The van der Waals surface area contributed by atoms with Crippen molar-refractivity contribution in [2.24, 2.45) is 0 Å². The number of aryl methyl sites for hydroxylation is 2. The predicted octanol–water partition coefficient (Wildman–Crippen LogP) is 7.98. The number of hydrogen-bond donors (Lipinski definition) is 2. The minimum Gasteiger partial charge on any atom is -0.384 e. The first kappa shape index (κ1) is 29.6. The van der Waals surface area contributed by atoms with Crippen LogP contribution in [0.25, 0.3) is 21.8 Å². The summed E-state index contributed by atoms with van der Waals surface area (Å²) in [6.45, 7) is 7.77. The molecule has 2 aromatic heterocycles. The molecule has 2 heterocycles. The number of rotatable bonds is 12. The van der Waals surface area contributed by atoms with Gasteiger partial charge >= 0.3 is 0 Å². The lowest BCUT2D eigenvalue weighted by molar-refractivity contribution is 0.282. The van der Waals surface area contributed by atoms with Crippen molar-refractivity contribution in [1.29, 1.82) is 0 Å². The Kier molecular flexibility index (Phi) is 10.3. The summed E-state index contributed by atoms with van der Waals surface area (Å²) < 4.78 is 0. The fourth-order valence-electron chi connectivity index (χ4n) is 6.77. The molecular formula is C35H46ClN5. The molecule has 0 saturated heterocycles. The molecule has 0 saturated carbocycles. The van der Waals surface area contributed by atoms with E-state index in [1.807, 2.05) is 0 Å². The van der Waals surface area contributed by atoms with Gasteiger partial charge in [-0.25, -0.2) is 0 Å². The summed E-state index contributed by atoms with van der Waals surface area (Å²) in [6.07, 6.45) is 13.2. The van der Waals surface area contributed by atoms with Crippen LogP contribution >= 0.6 is 12.4 Å². The van der Waals surface area contributed by atoms with E-state index in [0.29, 0.717) is 0 Å². The Bertz CT molecular complexity index is 1450. The van der Waals surface area contributed by atoms with E-state index < -0.39 is 0 Å². The van der Waals surface area contributed by atoms with E-state index in [4.69, 9.17) is 9.97 Å². The van der Waals surface area contributed by atoms with Crippen molar-refractivity contribution in [2.75, 3.05) is 43.4 Å². The summed E-state index contributed by atoms with van der Waals surface area (Å²) in [7, 11) is 0. The molecule has 0 atom stereocenters. The van der Waals surface area contributed by atoms with Crippen molar-refractivity contribution in [3.05, 3.63) is 71.0 Å². The van der Waals surface area contributed by atoms with Crippen LogP contribution in [0.3, 0.4) is 0 Å². The van der Waals surface area contributed by atoms with Crippen LogP contribution in [0.1, 0.15) is 74.4 Å². The molecule has 0 aliphatic heterocycles. The second-order valence-electron chi connectivity index (χ2n) is 11.6. The normalized spacial score (nSPS) is 14.5. The highest BCUT2D eigenvalue weighted by atomic mass is 35.5. The highest BCUT2D eigenvalue weighted by Crippen LogP contribution is 2.34. The molecule has 41 heavy (non-hydrogen) atoms. The van der Waals surface area contributed by atoms with Gasteiger partial charge in [0.1, 0.15) is 0 Å². The number of fused-ring (bicyclic) bond motifs is 4. The van der Waals surface area contributed by atoms with E-state index in [9.17, 15) is 0 Å². The number of hydrogen-bond acceptors (Lipinski definition) is 5. The third-order valence-electron chi connectivity index (χ3n) is 8.94. The van der Waals surface area contributed by atoms with E-state index >= 15 is 0 Å². The van der Waals surface area contributed by atoms with Crippen LogP contribution in [0.4, 0.5) is 11.4 Å². The smallest absolute Gasteiger partial charge is 0.0726 e. The van der Waals surface area contributed by atoms with Crippen molar-refractivity contribution in [1.82, 2.24) is 14.9 Å². The summed E-state index contributed by atoms with van der Waals surface area (Å²) in [5, 5.41) is 10.3. The summed E-state index contributed by atoms with van der Waals surface area (Å²) in [5.41, 5.74) is 10.5. The number of anilines is 2. The zero-order chi connectivity index (χ0) is 27.1. The lowest BCUT2D eigenvalue weighted by Crippen LogP contribution is -2.27. The quantitative estimate of drug-likeness (QED) is 0.169. The summed E-state index contributed by atoms with van der Waals surface area (Å²) in [4.78, 5) is 12.6. The molecule has 218 valence electrons. The number of para-hydroxylation sites is 2. The molecule has 0 amide bonds. The maximum Gasteiger partial charge on any atom is 0.0726 e. The number of nitrogens with one attached hydrogen (secondary N) is 2. The number of halogens is 1. The van der Waals surface area contributed by atoms with Gasteiger partial charge < -0.3 is 15.5 Å². The van der Waals surface area contributed by atoms with Crippen molar-refractivity contribution in [3.63, 3.8) is 0 Å². The maximum absolute atomic E-state index is 4.99. The largest absolute Gasteiger partial charge is 0.384 e. The van der Waals surface area contributed by atoms with Gasteiger partial charge in [-0.2, -0.15) is 0 Å². The average molecular weight is 572 g/mol. The van der Waals surface area contributed by atoms with E-state index in [1.165, 1.54) is 89.7 Å².